The van der Waals surface area contributed by atoms with Gasteiger partial charge >= 0.3 is 0 Å². The highest BCUT2D eigenvalue weighted by Crippen LogP contribution is 2.23. The van der Waals surface area contributed by atoms with Gasteiger partial charge in [-0.2, -0.15) is 0 Å². The van der Waals surface area contributed by atoms with E-state index in [0.29, 0.717) is 12.5 Å². The van der Waals surface area contributed by atoms with Crippen LogP contribution in [0.2, 0.25) is 0 Å². The van der Waals surface area contributed by atoms with Gasteiger partial charge in [0.25, 0.3) is 5.91 Å². The number of methoxy groups -OCH3 is 1. The number of hydrogen-bond acceptors (Lipinski definition) is 3. The van der Waals surface area contributed by atoms with Crippen molar-refractivity contribution in [3.63, 3.8) is 0 Å². The zero-order valence-corrected chi connectivity index (χ0v) is 14.0. The average molecular weight is 325 g/mol. The van der Waals surface area contributed by atoms with E-state index in [0.717, 1.165) is 43.0 Å². The van der Waals surface area contributed by atoms with Crippen molar-refractivity contribution in [3.8, 4) is 11.5 Å². The second kappa shape index (κ2) is 7.86. The fourth-order valence-corrected chi connectivity index (χ4v) is 2.97. The maximum atomic E-state index is 12.4. The summed E-state index contributed by atoms with van der Waals surface area (Å²) < 4.78 is 11.1. The van der Waals surface area contributed by atoms with E-state index in [1.807, 2.05) is 59.5 Å². The summed E-state index contributed by atoms with van der Waals surface area (Å²) in [6, 6.07) is 17.2. The second-order valence-corrected chi connectivity index (χ2v) is 6.09. The number of piperidine rings is 1. The topological polar surface area (TPSA) is 38.8 Å². The molecule has 1 amide bonds. The Labute approximate surface area is 143 Å². The highest BCUT2D eigenvalue weighted by molar-refractivity contribution is 5.94. The van der Waals surface area contributed by atoms with Crippen LogP contribution in [0.3, 0.4) is 0 Å². The van der Waals surface area contributed by atoms with Gasteiger partial charge in [0.15, 0.2) is 0 Å². The number of amides is 1. The first-order chi connectivity index (χ1) is 11.8. The Morgan fingerprint density at radius 1 is 1.04 bits per heavy atom. The molecule has 1 heterocycles. The number of benzene rings is 2. The molecule has 126 valence electrons. The van der Waals surface area contributed by atoms with E-state index in [2.05, 4.69) is 0 Å². The van der Waals surface area contributed by atoms with Crippen molar-refractivity contribution in [2.24, 2.45) is 5.92 Å². The molecular weight excluding hydrogens is 302 g/mol. The van der Waals surface area contributed by atoms with Gasteiger partial charge in [0.2, 0.25) is 0 Å². The number of carbonyl (C=O) groups excluding carboxylic acids is 1. The van der Waals surface area contributed by atoms with Gasteiger partial charge in [0, 0.05) is 24.7 Å². The summed E-state index contributed by atoms with van der Waals surface area (Å²) in [5.41, 5.74) is 0.767. The van der Waals surface area contributed by atoms with Crippen molar-refractivity contribution in [1.82, 2.24) is 4.90 Å². The minimum Gasteiger partial charge on any atom is -0.497 e. The lowest BCUT2D eigenvalue weighted by Crippen LogP contribution is -2.39. The van der Waals surface area contributed by atoms with Crippen molar-refractivity contribution in [1.29, 1.82) is 0 Å². The summed E-state index contributed by atoms with van der Waals surface area (Å²) >= 11 is 0. The smallest absolute Gasteiger partial charge is 0.253 e. The first-order valence-corrected chi connectivity index (χ1v) is 8.37. The van der Waals surface area contributed by atoms with Crippen molar-refractivity contribution < 1.29 is 14.3 Å². The molecule has 4 nitrogen and oxygen atoms in total. The number of carbonyl (C=O) groups is 1. The van der Waals surface area contributed by atoms with Gasteiger partial charge in [0.1, 0.15) is 11.5 Å². The average Bonchev–Trinajstić information content (AvgIpc) is 2.67. The molecule has 1 saturated heterocycles. The Morgan fingerprint density at radius 3 is 2.46 bits per heavy atom. The Bertz CT molecular complexity index is 664. The van der Waals surface area contributed by atoms with E-state index in [4.69, 9.17) is 9.47 Å². The normalized spacial score (nSPS) is 15.1. The van der Waals surface area contributed by atoms with E-state index < -0.39 is 0 Å². The molecule has 1 aliphatic heterocycles. The van der Waals surface area contributed by atoms with Crippen LogP contribution in [0.15, 0.2) is 54.6 Å². The highest BCUT2D eigenvalue weighted by Gasteiger charge is 2.23. The number of likely N-dealkylation sites (tertiary alicyclic amines) is 1. The van der Waals surface area contributed by atoms with Crippen molar-refractivity contribution in [3.05, 3.63) is 60.2 Å². The van der Waals surface area contributed by atoms with Crippen LogP contribution in [0.1, 0.15) is 23.2 Å². The first kappa shape index (κ1) is 16.4. The van der Waals surface area contributed by atoms with Crippen molar-refractivity contribution >= 4 is 5.91 Å². The van der Waals surface area contributed by atoms with E-state index >= 15 is 0 Å². The largest absolute Gasteiger partial charge is 0.497 e. The third-order valence-electron chi connectivity index (χ3n) is 4.45. The number of nitrogens with zero attached hydrogens (tertiary/aromatic N) is 1. The molecule has 0 saturated carbocycles. The predicted molar refractivity (Wildman–Crippen MR) is 93.6 cm³/mol. The molecule has 0 radical (unpaired) electrons. The molecule has 0 bridgehead atoms. The summed E-state index contributed by atoms with van der Waals surface area (Å²) in [6.45, 7) is 2.26. The summed E-state index contributed by atoms with van der Waals surface area (Å²) in [7, 11) is 1.65. The zero-order valence-electron chi connectivity index (χ0n) is 14.0. The third-order valence-corrected chi connectivity index (χ3v) is 4.45. The van der Waals surface area contributed by atoms with Gasteiger partial charge in [-0.1, -0.05) is 24.3 Å². The molecular formula is C20H23NO3. The fraction of sp³-hybridized carbons (Fsp3) is 0.350. The lowest BCUT2D eigenvalue weighted by molar-refractivity contribution is 0.0661. The van der Waals surface area contributed by atoms with Crippen LogP contribution in [0, 0.1) is 5.92 Å². The second-order valence-electron chi connectivity index (χ2n) is 6.09. The van der Waals surface area contributed by atoms with E-state index in [-0.39, 0.29) is 5.91 Å². The minimum absolute atomic E-state index is 0.128. The van der Waals surface area contributed by atoms with Crippen molar-refractivity contribution in [2.75, 3.05) is 26.8 Å². The van der Waals surface area contributed by atoms with Gasteiger partial charge in [0.05, 0.1) is 13.7 Å². The zero-order chi connectivity index (χ0) is 16.8. The van der Waals surface area contributed by atoms with Gasteiger partial charge < -0.3 is 14.4 Å². The molecule has 2 aromatic rings. The minimum atomic E-state index is 0.128. The van der Waals surface area contributed by atoms with E-state index in [1.54, 1.807) is 7.11 Å². The number of rotatable bonds is 5. The highest BCUT2D eigenvalue weighted by atomic mass is 16.5. The molecule has 4 heteroatoms. The van der Waals surface area contributed by atoms with Crippen LogP contribution in [0.4, 0.5) is 0 Å². The predicted octanol–water partition coefficient (Wildman–Crippen LogP) is 3.63. The van der Waals surface area contributed by atoms with Crippen molar-refractivity contribution in [2.45, 2.75) is 12.8 Å². The van der Waals surface area contributed by atoms with Gasteiger partial charge in [-0.3, -0.25) is 4.79 Å². The van der Waals surface area contributed by atoms with Crippen LogP contribution >= 0.6 is 0 Å². The molecule has 0 unspecified atom stereocenters. The van der Waals surface area contributed by atoms with Gasteiger partial charge in [-0.25, -0.2) is 0 Å². The summed E-state index contributed by atoms with van der Waals surface area (Å²) in [5.74, 6) is 2.24. The Balaban J connectivity index is 1.47. The molecule has 1 fully saturated rings. The first-order valence-electron chi connectivity index (χ1n) is 8.37. The standard InChI is InChI=1S/C20H23NO3/c1-23-18-8-5-9-19(14-18)24-15-16-10-12-21(13-11-16)20(22)17-6-3-2-4-7-17/h2-9,14,16H,10-13,15H2,1H3. The molecule has 0 atom stereocenters. The Morgan fingerprint density at radius 2 is 1.75 bits per heavy atom. The maximum Gasteiger partial charge on any atom is 0.253 e. The van der Waals surface area contributed by atoms with Crippen LogP contribution < -0.4 is 9.47 Å². The lowest BCUT2D eigenvalue weighted by Gasteiger charge is -2.32. The van der Waals surface area contributed by atoms with Gasteiger partial charge in [-0.05, 0) is 43.0 Å². The van der Waals surface area contributed by atoms with Crippen LogP contribution in [-0.4, -0.2) is 37.6 Å². The molecule has 0 aromatic heterocycles. The van der Waals surface area contributed by atoms with Crippen LogP contribution in [0.25, 0.3) is 0 Å². The number of ether oxygens (including phenoxy) is 2. The molecule has 3 rings (SSSR count). The quantitative estimate of drug-likeness (QED) is 0.843. The van der Waals surface area contributed by atoms with E-state index in [1.165, 1.54) is 0 Å². The summed E-state index contributed by atoms with van der Waals surface area (Å²) in [6.07, 6.45) is 1.95. The van der Waals surface area contributed by atoms with E-state index in [9.17, 15) is 4.79 Å². The van der Waals surface area contributed by atoms with Gasteiger partial charge in [-0.15, -0.1) is 0 Å². The third kappa shape index (κ3) is 4.07. The fourth-order valence-electron chi connectivity index (χ4n) is 2.97. The SMILES string of the molecule is COc1cccc(OCC2CCN(C(=O)c3ccccc3)CC2)c1. The summed E-state index contributed by atoms with van der Waals surface area (Å²) in [5, 5.41) is 0. The molecule has 0 spiro atoms. The molecule has 0 aliphatic carbocycles. The maximum absolute atomic E-state index is 12.4. The molecule has 2 aromatic carbocycles. The van der Waals surface area contributed by atoms with Crippen LogP contribution in [-0.2, 0) is 0 Å². The van der Waals surface area contributed by atoms with Crippen LogP contribution in [0.5, 0.6) is 11.5 Å². The molecule has 0 N–H and O–H groups in total. The monoisotopic (exact) mass is 325 g/mol. The lowest BCUT2D eigenvalue weighted by atomic mass is 9.97. The Hall–Kier alpha value is -2.49. The molecule has 24 heavy (non-hydrogen) atoms. The number of hydrogen-bond donors (Lipinski definition) is 0. The summed E-state index contributed by atoms with van der Waals surface area (Å²) in [4.78, 5) is 14.4. The molecule has 1 aliphatic rings. The Kier molecular flexibility index (Phi) is 5.36.